The van der Waals surface area contributed by atoms with Crippen LogP contribution in [0.25, 0.3) is 50.8 Å². The molecule has 140 valence electrons. The number of hydrogen-bond donors (Lipinski definition) is 0. The van der Waals surface area contributed by atoms with Crippen LogP contribution in [-0.4, -0.2) is 0 Å². The molecule has 0 aliphatic rings. The van der Waals surface area contributed by atoms with E-state index in [2.05, 4.69) is 21.8 Å². The van der Waals surface area contributed by atoms with Gasteiger partial charge in [-0.1, -0.05) is 0 Å². The Morgan fingerprint density at radius 3 is 1.70 bits per heavy atom. The highest BCUT2D eigenvalue weighted by Gasteiger charge is 2.13. The third-order valence-electron chi connectivity index (χ3n) is 3.97. The molecule has 4 rings (SSSR count). The predicted molar refractivity (Wildman–Crippen MR) is 127 cm³/mol. The molecule has 0 atom stereocenters. The average molecular weight is 457 g/mol. The van der Waals surface area contributed by atoms with Crippen LogP contribution >= 0.6 is 45.3 Å². The first-order valence-corrected chi connectivity index (χ1v) is 11.6. The Balaban J connectivity index is 1.61. The van der Waals surface area contributed by atoms with Gasteiger partial charge in [-0.3, -0.25) is 0 Å². The van der Waals surface area contributed by atoms with E-state index in [-0.39, 0.29) is 11.4 Å². The van der Waals surface area contributed by atoms with Gasteiger partial charge in [0.1, 0.15) is 30.9 Å². The molecule has 4 heterocycles. The zero-order valence-corrected chi connectivity index (χ0v) is 18.3. The second kappa shape index (κ2) is 8.47. The summed E-state index contributed by atoms with van der Waals surface area (Å²) in [5.41, 5.74) is 0.102. The minimum atomic E-state index is 0.0713. The van der Waals surface area contributed by atoms with E-state index < -0.39 is 0 Å². The van der Waals surface area contributed by atoms with E-state index in [0.717, 1.165) is 24.4 Å². The standard InChI is InChI=1S/C22H8N4S4/c1-25-22(26-2)8-15-4-6-17(28-15)19-10-21-20(30-19)9-18(29-21)16-5-3-14(27-16)7-13(11-23)12-24/h3-10H. The predicted octanol–water partition coefficient (Wildman–Crippen LogP) is 7.99. The number of nitrogens with zero attached hydrogens (tertiary/aromatic N) is 4. The van der Waals surface area contributed by atoms with E-state index in [1.807, 2.05) is 36.4 Å². The number of fused-ring (bicyclic) bond motifs is 1. The van der Waals surface area contributed by atoms with E-state index in [9.17, 15) is 0 Å². The fraction of sp³-hybridized carbons (Fsp3) is 0. The smallest absolute Gasteiger partial charge is 0.192 e. The Labute approximate surface area is 188 Å². The number of rotatable bonds is 4. The maximum Gasteiger partial charge on any atom is 0.520 e. The number of nitriles is 2. The molecule has 0 amide bonds. The molecular weight excluding hydrogens is 449 g/mol. The van der Waals surface area contributed by atoms with Crippen LogP contribution in [0.3, 0.4) is 0 Å². The second-order valence-corrected chi connectivity index (χ2v) is 10.3. The molecule has 0 fully saturated rings. The van der Waals surface area contributed by atoms with E-state index in [4.69, 9.17) is 23.7 Å². The van der Waals surface area contributed by atoms with Gasteiger partial charge in [0, 0.05) is 44.7 Å². The van der Waals surface area contributed by atoms with Crippen molar-refractivity contribution in [1.82, 2.24) is 0 Å². The summed E-state index contributed by atoms with van der Waals surface area (Å²) in [6.07, 6.45) is 3.23. The third-order valence-corrected chi connectivity index (χ3v) is 8.72. The molecule has 0 radical (unpaired) electrons. The maximum atomic E-state index is 8.91. The summed E-state index contributed by atoms with van der Waals surface area (Å²) in [5.74, 6) is 0.0713. The molecule has 8 heteroatoms. The van der Waals surface area contributed by atoms with Crippen molar-refractivity contribution in [3.63, 3.8) is 0 Å². The van der Waals surface area contributed by atoms with E-state index in [1.165, 1.54) is 14.3 Å². The van der Waals surface area contributed by atoms with Crippen molar-refractivity contribution in [2.75, 3.05) is 0 Å². The highest BCUT2D eigenvalue weighted by atomic mass is 32.1. The van der Waals surface area contributed by atoms with E-state index in [1.54, 1.807) is 57.5 Å². The Kier molecular flexibility index (Phi) is 5.59. The van der Waals surface area contributed by atoms with Crippen molar-refractivity contribution in [3.8, 4) is 31.6 Å². The van der Waals surface area contributed by atoms with Gasteiger partial charge in [-0.15, -0.1) is 45.3 Å². The van der Waals surface area contributed by atoms with Gasteiger partial charge in [0.2, 0.25) is 0 Å². The fourth-order valence-corrected chi connectivity index (χ4v) is 7.10. The van der Waals surface area contributed by atoms with Crippen molar-refractivity contribution in [3.05, 3.63) is 80.4 Å². The summed E-state index contributed by atoms with van der Waals surface area (Å²) < 4.78 is 2.41. The first-order valence-electron chi connectivity index (χ1n) is 8.36. The van der Waals surface area contributed by atoms with Crippen LogP contribution in [0.4, 0.5) is 0 Å². The van der Waals surface area contributed by atoms with Crippen LogP contribution < -0.4 is 0 Å². The van der Waals surface area contributed by atoms with Crippen LogP contribution in [0.5, 0.6) is 0 Å². The summed E-state index contributed by atoms with van der Waals surface area (Å²) in [4.78, 5) is 12.8. The monoisotopic (exact) mass is 456 g/mol. The summed E-state index contributed by atoms with van der Waals surface area (Å²) in [6, 6.07) is 16.0. The van der Waals surface area contributed by atoms with Crippen molar-refractivity contribution in [2.45, 2.75) is 0 Å². The van der Waals surface area contributed by atoms with Gasteiger partial charge < -0.3 is 0 Å². The molecule has 0 unspecified atom stereocenters. The van der Waals surface area contributed by atoms with Gasteiger partial charge in [0.25, 0.3) is 0 Å². The summed E-state index contributed by atoms with van der Waals surface area (Å²) >= 11 is 6.57. The lowest BCUT2D eigenvalue weighted by Crippen LogP contribution is -1.68. The lowest BCUT2D eigenvalue weighted by atomic mass is 10.3. The summed E-state index contributed by atoms with van der Waals surface area (Å²) in [5, 5.41) is 17.8. The quantitative estimate of drug-likeness (QED) is 0.231. The molecule has 0 aromatic carbocycles. The molecule has 0 N–H and O–H groups in total. The van der Waals surface area contributed by atoms with Gasteiger partial charge in [-0.2, -0.15) is 20.2 Å². The molecule has 0 saturated carbocycles. The lowest BCUT2D eigenvalue weighted by molar-refractivity contribution is 1.47. The van der Waals surface area contributed by atoms with Crippen LogP contribution in [0.2, 0.25) is 0 Å². The van der Waals surface area contributed by atoms with Crippen LogP contribution in [-0.2, 0) is 0 Å². The first kappa shape index (κ1) is 19.8. The van der Waals surface area contributed by atoms with Crippen molar-refractivity contribution in [1.29, 1.82) is 10.5 Å². The molecule has 0 aliphatic carbocycles. The highest BCUT2D eigenvalue weighted by molar-refractivity contribution is 7.33. The summed E-state index contributed by atoms with van der Waals surface area (Å²) in [6.45, 7) is 14.0. The van der Waals surface area contributed by atoms with Gasteiger partial charge in [-0.25, -0.2) is 0 Å². The third kappa shape index (κ3) is 3.95. The van der Waals surface area contributed by atoms with Crippen LogP contribution in [0.15, 0.2) is 47.8 Å². The Bertz CT molecular complexity index is 1320. The largest absolute Gasteiger partial charge is 0.520 e. The zero-order valence-electron chi connectivity index (χ0n) is 15.0. The van der Waals surface area contributed by atoms with Gasteiger partial charge in [0.05, 0.1) is 0 Å². The molecule has 4 aromatic rings. The van der Waals surface area contributed by atoms with Crippen LogP contribution in [0.1, 0.15) is 9.75 Å². The number of allylic oxidation sites excluding steroid dienone is 1. The molecule has 0 aliphatic heterocycles. The maximum absolute atomic E-state index is 8.91. The molecule has 0 saturated heterocycles. The minimum Gasteiger partial charge on any atom is -0.192 e. The minimum absolute atomic E-state index is 0.0713. The van der Waals surface area contributed by atoms with E-state index >= 15 is 0 Å². The molecule has 4 aromatic heterocycles. The normalized spacial score (nSPS) is 9.87. The number of thiophene rings is 4. The van der Waals surface area contributed by atoms with Crippen molar-refractivity contribution in [2.24, 2.45) is 0 Å². The molecule has 30 heavy (non-hydrogen) atoms. The second-order valence-electron chi connectivity index (χ2n) is 5.86. The Morgan fingerprint density at radius 1 is 0.733 bits per heavy atom. The lowest BCUT2D eigenvalue weighted by Gasteiger charge is -1.90. The molecular formula is C22H8N4S4. The van der Waals surface area contributed by atoms with Gasteiger partial charge in [0.15, 0.2) is 0 Å². The molecule has 4 nitrogen and oxygen atoms in total. The number of hydrogen-bond acceptors (Lipinski definition) is 6. The topological polar surface area (TPSA) is 56.3 Å². The van der Waals surface area contributed by atoms with E-state index in [0.29, 0.717) is 0 Å². The molecule has 0 spiro atoms. The Morgan fingerprint density at radius 2 is 1.23 bits per heavy atom. The highest BCUT2D eigenvalue weighted by Crippen LogP contribution is 2.44. The zero-order chi connectivity index (χ0) is 21.1. The molecule has 0 bridgehead atoms. The first-order chi connectivity index (χ1) is 14.6. The Hall–Kier alpha value is -3.50. The van der Waals surface area contributed by atoms with Crippen molar-refractivity contribution < 1.29 is 0 Å². The van der Waals surface area contributed by atoms with Crippen molar-refractivity contribution >= 4 is 66.9 Å². The van der Waals surface area contributed by atoms with Gasteiger partial charge >= 0.3 is 5.82 Å². The van der Waals surface area contributed by atoms with Crippen LogP contribution in [0, 0.1) is 35.8 Å². The van der Waals surface area contributed by atoms with Gasteiger partial charge in [-0.05, 0) is 42.5 Å². The SMILES string of the molecule is [C-]#[N+]C(=Cc1ccc(-c2cc3sc(-c4ccc(C=C(C#N)C#N)s4)cc3s2)s1)[N+]#[C-]. The fourth-order valence-electron chi connectivity index (χ4n) is 2.65. The average Bonchev–Trinajstić information content (AvgIpc) is 3.52. The summed E-state index contributed by atoms with van der Waals surface area (Å²) in [7, 11) is 0.